The van der Waals surface area contributed by atoms with Gasteiger partial charge in [-0.1, -0.05) is 6.07 Å². The third-order valence-electron chi connectivity index (χ3n) is 3.89. The van der Waals surface area contributed by atoms with Crippen LogP contribution < -0.4 is 5.73 Å². The van der Waals surface area contributed by atoms with Gasteiger partial charge in [0.05, 0.1) is 18.3 Å². The van der Waals surface area contributed by atoms with Gasteiger partial charge in [0.1, 0.15) is 11.6 Å². The Morgan fingerprint density at radius 3 is 3.05 bits per heavy atom. The molecule has 6 heteroatoms. The molecule has 3 rings (SSSR count). The van der Waals surface area contributed by atoms with Crippen molar-refractivity contribution in [3.63, 3.8) is 0 Å². The minimum absolute atomic E-state index is 0.168. The van der Waals surface area contributed by atoms with Crippen LogP contribution in [0.1, 0.15) is 30.4 Å². The Kier molecular flexibility index (Phi) is 3.70. The number of carbonyl (C=O) groups is 1. The van der Waals surface area contributed by atoms with Crippen molar-refractivity contribution < 1.29 is 4.79 Å². The average molecular weight is 285 g/mol. The van der Waals surface area contributed by atoms with Crippen LogP contribution in [0.4, 0.5) is 0 Å². The van der Waals surface area contributed by atoms with Gasteiger partial charge in [-0.25, -0.2) is 9.97 Å². The van der Waals surface area contributed by atoms with Crippen LogP contribution in [0, 0.1) is 6.92 Å². The van der Waals surface area contributed by atoms with Gasteiger partial charge in [-0.15, -0.1) is 0 Å². The molecule has 0 aliphatic carbocycles. The van der Waals surface area contributed by atoms with E-state index in [2.05, 4.69) is 9.88 Å². The van der Waals surface area contributed by atoms with Crippen molar-refractivity contribution >= 4 is 5.91 Å². The van der Waals surface area contributed by atoms with Gasteiger partial charge in [0, 0.05) is 12.4 Å². The lowest BCUT2D eigenvalue weighted by Gasteiger charge is -2.22. The Bertz CT molecular complexity index is 651. The predicted molar refractivity (Wildman–Crippen MR) is 78.8 cm³/mol. The number of nitrogens with zero attached hydrogens (tertiary/aromatic N) is 4. The Labute approximate surface area is 123 Å². The zero-order valence-electron chi connectivity index (χ0n) is 12.1. The molecular weight excluding hydrogens is 266 g/mol. The molecule has 0 spiro atoms. The van der Waals surface area contributed by atoms with Crippen molar-refractivity contribution in [3.8, 4) is 5.82 Å². The zero-order chi connectivity index (χ0) is 14.8. The molecule has 21 heavy (non-hydrogen) atoms. The van der Waals surface area contributed by atoms with Crippen LogP contribution in [0.2, 0.25) is 0 Å². The van der Waals surface area contributed by atoms with Gasteiger partial charge >= 0.3 is 0 Å². The van der Waals surface area contributed by atoms with E-state index in [0.717, 1.165) is 36.7 Å². The van der Waals surface area contributed by atoms with Gasteiger partial charge in [0.15, 0.2) is 0 Å². The highest BCUT2D eigenvalue weighted by molar-refractivity contribution is 5.76. The Hall–Kier alpha value is -2.21. The number of nitrogens with two attached hydrogens (primary N) is 1. The van der Waals surface area contributed by atoms with E-state index in [1.807, 2.05) is 35.9 Å². The Morgan fingerprint density at radius 1 is 1.48 bits per heavy atom. The van der Waals surface area contributed by atoms with Crippen molar-refractivity contribution in [2.24, 2.45) is 5.73 Å². The predicted octanol–water partition coefficient (Wildman–Crippen LogP) is 1.20. The lowest BCUT2D eigenvalue weighted by Crippen LogP contribution is -2.33. The molecule has 1 aliphatic heterocycles. The van der Waals surface area contributed by atoms with Gasteiger partial charge in [-0.3, -0.25) is 14.3 Å². The standard InChI is InChI=1S/C15H19N5O/c1-11-17-7-9-20(11)15-6-2-4-12(18-15)13-5-3-8-19(13)10-14(16)21/h2,4,6-7,9,13H,3,5,8,10H2,1H3,(H2,16,21)/t13-/m0/s1. The minimum atomic E-state index is -0.288. The second-order valence-electron chi connectivity index (χ2n) is 5.36. The first-order valence-corrected chi connectivity index (χ1v) is 7.15. The van der Waals surface area contributed by atoms with Crippen molar-refractivity contribution in [1.29, 1.82) is 0 Å². The maximum Gasteiger partial charge on any atom is 0.231 e. The monoisotopic (exact) mass is 285 g/mol. The third-order valence-corrected chi connectivity index (χ3v) is 3.89. The van der Waals surface area contributed by atoms with Crippen LogP contribution in [-0.4, -0.2) is 38.4 Å². The lowest BCUT2D eigenvalue weighted by atomic mass is 10.1. The molecule has 0 saturated carbocycles. The van der Waals surface area contributed by atoms with Gasteiger partial charge in [0.2, 0.25) is 5.91 Å². The molecule has 0 bridgehead atoms. The summed E-state index contributed by atoms with van der Waals surface area (Å²) in [4.78, 5) is 22.3. The summed E-state index contributed by atoms with van der Waals surface area (Å²) in [5.41, 5.74) is 6.31. The minimum Gasteiger partial charge on any atom is -0.369 e. The van der Waals surface area contributed by atoms with E-state index in [0.29, 0.717) is 6.54 Å². The number of pyridine rings is 1. The average Bonchev–Trinajstić information content (AvgIpc) is 3.07. The number of hydrogen-bond donors (Lipinski definition) is 1. The number of imidazole rings is 1. The maximum atomic E-state index is 11.2. The second-order valence-corrected chi connectivity index (χ2v) is 5.36. The van der Waals surface area contributed by atoms with Crippen LogP contribution in [-0.2, 0) is 4.79 Å². The molecular formula is C15H19N5O. The first-order chi connectivity index (χ1) is 10.1. The molecule has 1 saturated heterocycles. The summed E-state index contributed by atoms with van der Waals surface area (Å²) in [6.07, 6.45) is 5.73. The fourth-order valence-corrected chi connectivity index (χ4v) is 2.93. The number of amides is 1. The molecule has 110 valence electrons. The normalized spacial score (nSPS) is 19.0. The number of likely N-dealkylation sites (tertiary alicyclic amines) is 1. The summed E-state index contributed by atoms with van der Waals surface area (Å²) in [5, 5.41) is 0. The number of aromatic nitrogens is 3. The molecule has 1 atom stereocenters. The highest BCUT2D eigenvalue weighted by Crippen LogP contribution is 2.30. The number of carbonyl (C=O) groups excluding carboxylic acids is 1. The topological polar surface area (TPSA) is 77.0 Å². The van der Waals surface area contributed by atoms with E-state index >= 15 is 0 Å². The fraction of sp³-hybridized carbons (Fsp3) is 0.400. The quantitative estimate of drug-likeness (QED) is 0.915. The molecule has 2 aromatic heterocycles. The molecule has 0 unspecified atom stereocenters. The molecule has 1 amide bonds. The maximum absolute atomic E-state index is 11.2. The molecule has 2 aromatic rings. The molecule has 0 aromatic carbocycles. The van der Waals surface area contributed by atoms with Crippen LogP contribution in [0.15, 0.2) is 30.6 Å². The second kappa shape index (κ2) is 5.65. The highest BCUT2D eigenvalue weighted by Gasteiger charge is 2.28. The van der Waals surface area contributed by atoms with E-state index in [-0.39, 0.29) is 11.9 Å². The smallest absolute Gasteiger partial charge is 0.231 e. The number of primary amides is 1. The Morgan fingerprint density at radius 2 is 2.33 bits per heavy atom. The molecule has 1 aliphatic rings. The van der Waals surface area contributed by atoms with Crippen LogP contribution in [0.25, 0.3) is 5.82 Å². The number of aryl methyl sites for hydroxylation is 1. The van der Waals surface area contributed by atoms with Crippen molar-refractivity contribution in [3.05, 3.63) is 42.1 Å². The summed E-state index contributed by atoms with van der Waals surface area (Å²) in [7, 11) is 0. The Balaban J connectivity index is 1.89. The third kappa shape index (κ3) is 2.80. The van der Waals surface area contributed by atoms with Crippen LogP contribution >= 0.6 is 0 Å². The summed E-state index contributed by atoms with van der Waals surface area (Å²) in [6, 6.07) is 6.14. The first-order valence-electron chi connectivity index (χ1n) is 7.15. The molecule has 1 fully saturated rings. The molecule has 3 heterocycles. The zero-order valence-corrected chi connectivity index (χ0v) is 12.1. The molecule has 6 nitrogen and oxygen atoms in total. The first kappa shape index (κ1) is 13.8. The van der Waals surface area contributed by atoms with Gasteiger partial charge in [-0.2, -0.15) is 0 Å². The summed E-state index contributed by atoms with van der Waals surface area (Å²) in [5.74, 6) is 1.47. The van der Waals surface area contributed by atoms with E-state index in [1.165, 1.54) is 0 Å². The van der Waals surface area contributed by atoms with E-state index in [4.69, 9.17) is 10.7 Å². The van der Waals surface area contributed by atoms with Gasteiger partial charge in [-0.05, 0) is 38.4 Å². The fourth-order valence-electron chi connectivity index (χ4n) is 2.93. The van der Waals surface area contributed by atoms with Crippen molar-refractivity contribution in [2.75, 3.05) is 13.1 Å². The van der Waals surface area contributed by atoms with Gasteiger partial charge < -0.3 is 5.73 Å². The highest BCUT2D eigenvalue weighted by atomic mass is 16.1. The van der Waals surface area contributed by atoms with Crippen LogP contribution in [0.5, 0.6) is 0 Å². The molecule has 0 radical (unpaired) electrons. The van der Waals surface area contributed by atoms with E-state index in [1.54, 1.807) is 6.20 Å². The number of hydrogen-bond acceptors (Lipinski definition) is 4. The largest absolute Gasteiger partial charge is 0.369 e. The summed E-state index contributed by atoms with van der Waals surface area (Å²) >= 11 is 0. The van der Waals surface area contributed by atoms with Crippen molar-refractivity contribution in [1.82, 2.24) is 19.4 Å². The summed E-state index contributed by atoms with van der Waals surface area (Å²) in [6.45, 7) is 3.13. The van der Waals surface area contributed by atoms with E-state index in [9.17, 15) is 4.79 Å². The van der Waals surface area contributed by atoms with Gasteiger partial charge in [0.25, 0.3) is 0 Å². The van der Waals surface area contributed by atoms with Crippen LogP contribution in [0.3, 0.4) is 0 Å². The SMILES string of the molecule is Cc1nccn1-c1cccc([C@@H]2CCCN2CC(N)=O)n1. The lowest BCUT2D eigenvalue weighted by molar-refractivity contribution is -0.119. The van der Waals surface area contributed by atoms with Crippen molar-refractivity contribution in [2.45, 2.75) is 25.8 Å². The number of rotatable bonds is 4. The summed E-state index contributed by atoms with van der Waals surface area (Å²) < 4.78 is 1.96. The molecule has 2 N–H and O–H groups in total. The van der Waals surface area contributed by atoms with E-state index < -0.39 is 0 Å².